The number of hydrogen-bond donors (Lipinski definition) is 1. The van der Waals surface area contributed by atoms with E-state index in [9.17, 15) is 14.0 Å². The summed E-state index contributed by atoms with van der Waals surface area (Å²) in [6.07, 6.45) is 1.36. The molecule has 168 valence electrons. The second-order valence-electron chi connectivity index (χ2n) is 6.88. The van der Waals surface area contributed by atoms with Crippen molar-refractivity contribution in [3.05, 3.63) is 101 Å². The Morgan fingerprint density at radius 3 is 2.64 bits per heavy atom. The lowest BCUT2D eigenvalue weighted by Crippen LogP contribution is -2.32. The van der Waals surface area contributed by atoms with Gasteiger partial charge in [-0.2, -0.15) is 5.10 Å². The van der Waals surface area contributed by atoms with Crippen LogP contribution in [0.3, 0.4) is 0 Å². The van der Waals surface area contributed by atoms with E-state index in [0.29, 0.717) is 42.5 Å². The summed E-state index contributed by atoms with van der Waals surface area (Å²) >= 11 is 6.95. The smallest absolute Gasteiger partial charge is 0.349 e. The van der Waals surface area contributed by atoms with E-state index in [1.807, 2.05) is 0 Å². The van der Waals surface area contributed by atoms with Crippen LogP contribution in [-0.4, -0.2) is 23.0 Å². The third kappa shape index (κ3) is 4.76. The molecule has 1 aromatic heterocycles. The van der Waals surface area contributed by atoms with Crippen LogP contribution in [0.4, 0.5) is 4.39 Å². The van der Waals surface area contributed by atoms with Crippen molar-refractivity contribution in [3.63, 3.8) is 0 Å². The molecule has 0 radical (unpaired) electrons. The summed E-state index contributed by atoms with van der Waals surface area (Å²) in [5.74, 6) is 0.419. The fourth-order valence-electron chi connectivity index (χ4n) is 3.14. The highest BCUT2D eigenvalue weighted by atomic mass is 79.9. The number of ether oxygens (including phenoxy) is 2. The third-order valence-corrected chi connectivity index (χ3v) is 6.89. The zero-order valence-electron chi connectivity index (χ0n) is 17.1. The monoisotopic (exact) mass is 575 g/mol. The van der Waals surface area contributed by atoms with Crippen LogP contribution in [0.5, 0.6) is 11.5 Å². The molecule has 4 aromatic rings. The van der Waals surface area contributed by atoms with E-state index in [1.165, 1.54) is 25.5 Å². The summed E-state index contributed by atoms with van der Waals surface area (Å²) in [5.41, 5.74) is 0.413. The summed E-state index contributed by atoms with van der Waals surface area (Å²) < 4.78 is 26.6. The highest BCUT2D eigenvalue weighted by molar-refractivity contribution is 9.13. The van der Waals surface area contributed by atoms with Gasteiger partial charge in [-0.05, 0) is 67.8 Å². The molecule has 0 atom stereocenters. The lowest BCUT2D eigenvalue weighted by molar-refractivity contribution is 0.282. The second-order valence-corrected chi connectivity index (χ2v) is 8.47. The number of hydrogen-bond acceptors (Lipinski definition) is 5. The zero-order valence-corrected chi connectivity index (χ0v) is 20.3. The fraction of sp³-hybridized carbons (Fsp3) is 0.0870. The quantitative estimate of drug-likeness (QED) is 0.333. The minimum absolute atomic E-state index is 0.119. The molecule has 0 aliphatic heterocycles. The highest BCUT2D eigenvalue weighted by Gasteiger charge is 2.17. The molecule has 7 nitrogen and oxygen atoms in total. The molecule has 4 rings (SSSR count). The predicted molar refractivity (Wildman–Crippen MR) is 131 cm³/mol. The molecule has 10 heteroatoms. The molecule has 1 heterocycles. The Morgan fingerprint density at radius 1 is 1.09 bits per heavy atom. The molecule has 0 aliphatic carbocycles. The molecule has 0 bridgehead atoms. The van der Waals surface area contributed by atoms with Gasteiger partial charge in [0.25, 0.3) is 5.56 Å². The second kappa shape index (κ2) is 9.72. The molecule has 0 saturated heterocycles. The Bertz CT molecular complexity index is 1500. The summed E-state index contributed by atoms with van der Waals surface area (Å²) in [7, 11) is 1.48. The number of aromatic nitrogens is 2. The van der Waals surface area contributed by atoms with E-state index < -0.39 is 11.2 Å². The average Bonchev–Trinajstić information content (AvgIpc) is 2.80. The number of H-pyrrole nitrogens is 1. The first kappa shape index (κ1) is 22.9. The maximum atomic E-state index is 13.4. The molecule has 0 spiro atoms. The summed E-state index contributed by atoms with van der Waals surface area (Å²) in [4.78, 5) is 27.7. The first-order valence-corrected chi connectivity index (χ1v) is 11.2. The first-order valence-electron chi connectivity index (χ1n) is 9.60. The Kier molecular flexibility index (Phi) is 6.75. The van der Waals surface area contributed by atoms with Crippen LogP contribution in [0.2, 0.25) is 0 Å². The number of benzene rings is 3. The number of halogens is 3. The minimum Gasteiger partial charge on any atom is -0.493 e. The van der Waals surface area contributed by atoms with Crippen LogP contribution in [-0.2, 0) is 6.61 Å². The van der Waals surface area contributed by atoms with Gasteiger partial charge in [-0.1, -0.05) is 24.3 Å². The fourth-order valence-corrected chi connectivity index (χ4v) is 4.08. The number of methoxy groups -OCH3 is 1. The number of para-hydroxylation sites is 1. The number of aromatic amines is 1. The van der Waals surface area contributed by atoms with E-state index in [-0.39, 0.29) is 12.4 Å². The first-order chi connectivity index (χ1) is 15.9. The molecular weight excluding hydrogens is 561 g/mol. The number of rotatable bonds is 6. The molecule has 0 saturated carbocycles. The minimum atomic E-state index is -0.660. The Morgan fingerprint density at radius 2 is 1.88 bits per heavy atom. The van der Waals surface area contributed by atoms with Crippen molar-refractivity contribution in [2.24, 2.45) is 5.10 Å². The average molecular weight is 577 g/mol. The van der Waals surface area contributed by atoms with Crippen LogP contribution in [0, 0.1) is 5.82 Å². The van der Waals surface area contributed by atoms with Crippen molar-refractivity contribution in [1.82, 2.24) is 9.66 Å². The topological polar surface area (TPSA) is 85.7 Å². The SMILES string of the molecule is COc1cc(C=Nn2c(=O)[nH]c3ccccc3c2=O)c(Br)c(Br)c1OCc1cccc(F)c1. The highest BCUT2D eigenvalue weighted by Crippen LogP contribution is 2.42. The van der Waals surface area contributed by atoms with Gasteiger partial charge in [0.1, 0.15) is 12.4 Å². The van der Waals surface area contributed by atoms with Crippen LogP contribution in [0.1, 0.15) is 11.1 Å². The Hall–Kier alpha value is -3.24. The zero-order chi connectivity index (χ0) is 23.5. The number of nitrogens with zero attached hydrogens (tertiary/aromatic N) is 2. The van der Waals surface area contributed by atoms with Gasteiger partial charge in [-0.25, -0.2) is 9.18 Å². The summed E-state index contributed by atoms with van der Waals surface area (Å²) in [6.45, 7) is 0.119. The van der Waals surface area contributed by atoms with Gasteiger partial charge in [0, 0.05) is 10.0 Å². The molecule has 1 N–H and O–H groups in total. The van der Waals surface area contributed by atoms with E-state index >= 15 is 0 Å². The number of fused-ring (bicyclic) bond motifs is 1. The van der Waals surface area contributed by atoms with Crippen molar-refractivity contribution in [1.29, 1.82) is 0 Å². The van der Waals surface area contributed by atoms with Crippen LogP contribution in [0.25, 0.3) is 10.9 Å². The molecule has 0 unspecified atom stereocenters. The van der Waals surface area contributed by atoms with Crippen LogP contribution < -0.4 is 20.7 Å². The van der Waals surface area contributed by atoms with Crippen LogP contribution >= 0.6 is 31.9 Å². The maximum absolute atomic E-state index is 13.4. The van der Waals surface area contributed by atoms with Crippen molar-refractivity contribution in [3.8, 4) is 11.5 Å². The summed E-state index contributed by atoms with van der Waals surface area (Å²) in [5, 5.41) is 4.42. The largest absolute Gasteiger partial charge is 0.493 e. The van der Waals surface area contributed by atoms with Crippen LogP contribution in [0.15, 0.2) is 78.2 Å². The van der Waals surface area contributed by atoms with Crippen molar-refractivity contribution >= 4 is 49.0 Å². The Balaban J connectivity index is 1.69. The van der Waals surface area contributed by atoms with E-state index in [1.54, 1.807) is 42.5 Å². The van der Waals surface area contributed by atoms with Crippen molar-refractivity contribution < 1.29 is 13.9 Å². The maximum Gasteiger partial charge on any atom is 0.349 e. The van der Waals surface area contributed by atoms with Gasteiger partial charge in [0.2, 0.25) is 0 Å². The van der Waals surface area contributed by atoms with Gasteiger partial charge in [-0.3, -0.25) is 4.79 Å². The lowest BCUT2D eigenvalue weighted by atomic mass is 10.2. The predicted octanol–water partition coefficient (Wildman–Crippen LogP) is 4.82. The summed E-state index contributed by atoms with van der Waals surface area (Å²) in [6, 6.07) is 14.4. The van der Waals surface area contributed by atoms with Gasteiger partial charge in [0.05, 0.1) is 28.7 Å². The molecule has 33 heavy (non-hydrogen) atoms. The lowest BCUT2D eigenvalue weighted by Gasteiger charge is -2.15. The molecular formula is C23H16Br2FN3O4. The number of nitrogens with one attached hydrogen (secondary N) is 1. The standard InChI is InChI=1S/C23H16Br2FN3O4/c1-32-18-10-14(11-27-29-22(30)16-7-2-3-8-17(16)28-23(29)31)19(24)20(25)21(18)33-12-13-5-4-6-15(26)9-13/h2-11H,12H2,1H3,(H,28,31). The van der Waals surface area contributed by atoms with E-state index in [0.717, 1.165) is 4.68 Å². The molecule has 3 aromatic carbocycles. The van der Waals surface area contributed by atoms with E-state index in [4.69, 9.17) is 9.47 Å². The normalized spacial score (nSPS) is 11.3. The van der Waals surface area contributed by atoms with Gasteiger partial charge in [0.15, 0.2) is 11.5 Å². The van der Waals surface area contributed by atoms with Gasteiger partial charge < -0.3 is 14.5 Å². The Labute approximate surface area is 203 Å². The van der Waals surface area contributed by atoms with Gasteiger partial charge in [-0.15, -0.1) is 4.68 Å². The molecule has 0 amide bonds. The third-order valence-electron chi connectivity index (χ3n) is 4.74. The van der Waals surface area contributed by atoms with Crippen molar-refractivity contribution in [2.45, 2.75) is 6.61 Å². The van der Waals surface area contributed by atoms with Gasteiger partial charge >= 0.3 is 5.69 Å². The van der Waals surface area contributed by atoms with E-state index in [2.05, 4.69) is 41.9 Å². The van der Waals surface area contributed by atoms with Crippen molar-refractivity contribution in [2.75, 3.05) is 7.11 Å². The molecule has 0 fully saturated rings. The molecule has 0 aliphatic rings.